The quantitative estimate of drug-likeness (QED) is 0.262. The highest BCUT2D eigenvalue weighted by atomic mass is 35.5. The van der Waals surface area contributed by atoms with Crippen LogP contribution in [0.4, 0.5) is 26.3 Å². The topological polar surface area (TPSA) is 107 Å². The molecule has 8 nitrogen and oxygen atoms in total. The van der Waals surface area contributed by atoms with Crippen LogP contribution in [-0.2, 0) is 25.9 Å². The average Bonchev–Trinajstić information content (AvgIpc) is 3.10. The van der Waals surface area contributed by atoms with E-state index in [0.717, 1.165) is 41.8 Å². The van der Waals surface area contributed by atoms with E-state index < -0.39 is 58.2 Å². The number of alkyl halides is 6. The third-order valence-electron chi connectivity index (χ3n) is 6.80. The normalized spacial score (nSPS) is 14.6. The number of fused-ring (bicyclic) bond motifs is 1. The fraction of sp³-hybridized carbons (Fsp3) is 0.269. The zero-order valence-electron chi connectivity index (χ0n) is 21.3. The zero-order chi connectivity index (χ0) is 30.7. The van der Waals surface area contributed by atoms with Gasteiger partial charge in [-0.1, -0.05) is 30.7 Å². The Bertz CT molecular complexity index is 1730. The minimum absolute atomic E-state index is 0.141. The van der Waals surface area contributed by atoms with Crippen LogP contribution in [0, 0.1) is 0 Å². The van der Waals surface area contributed by atoms with E-state index in [1.807, 2.05) is 0 Å². The molecule has 0 aliphatic carbocycles. The summed E-state index contributed by atoms with van der Waals surface area (Å²) in [6, 6.07) is 7.54. The van der Waals surface area contributed by atoms with Crippen LogP contribution in [0.5, 0.6) is 11.6 Å². The SMILES string of the molecule is CC(c1ccc(Oc2nc(C(F)(F)F)ccc2C(=O)O)cc1Cl)C(O)(c1ccc2c(c1)n(C)c(=O)n2C)C(F)(F)F. The van der Waals surface area contributed by atoms with E-state index in [1.165, 1.54) is 24.7 Å². The number of carboxylic acid groups (broad SMARTS) is 1. The van der Waals surface area contributed by atoms with Gasteiger partial charge in [-0.25, -0.2) is 14.6 Å². The summed E-state index contributed by atoms with van der Waals surface area (Å²) in [6.45, 7) is 1.07. The van der Waals surface area contributed by atoms with Crippen molar-refractivity contribution in [2.45, 2.75) is 30.8 Å². The summed E-state index contributed by atoms with van der Waals surface area (Å²) < 4.78 is 90.5. The fourth-order valence-corrected chi connectivity index (χ4v) is 4.84. The van der Waals surface area contributed by atoms with Gasteiger partial charge in [0.15, 0.2) is 5.60 Å². The van der Waals surface area contributed by atoms with Crippen molar-refractivity contribution in [1.82, 2.24) is 14.1 Å². The highest BCUT2D eigenvalue weighted by Crippen LogP contribution is 2.50. The molecule has 15 heteroatoms. The maximum Gasteiger partial charge on any atom is 0.433 e. The first kappa shape index (κ1) is 29.9. The number of benzene rings is 2. The predicted molar refractivity (Wildman–Crippen MR) is 134 cm³/mol. The average molecular weight is 604 g/mol. The number of aromatic nitrogens is 3. The van der Waals surface area contributed by atoms with Gasteiger partial charge < -0.3 is 14.9 Å². The van der Waals surface area contributed by atoms with Gasteiger partial charge in [0.25, 0.3) is 0 Å². The van der Waals surface area contributed by atoms with Crippen molar-refractivity contribution < 1.29 is 46.1 Å². The summed E-state index contributed by atoms with van der Waals surface area (Å²) in [6.07, 6.45) is -10.1. The van der Waals surface area contributed by atoms with Crippen molar-refractivity contribution in [2.24, 2.45) is 14.1 Å². The number of halogens is 7. The Morgan fingerprint density at radius 2 is 1.61 bits per heavy atom. The number of carbonyl (C=O) groups is 1. The molecule has 218 valence electrons. The lowest BCUT2D eigenvalue weighted by Gasteiger charge is -2.37. The second kappa shape index (κ2) is 10.1. The third-order valence-corrected chi connectivity index (χ3v) is 7.13. The van der Waals surface area contributed by atoms with Crippen LogP contribution >= 0.6 is 11.6 Å². The molecule has 4 aromatic rings. The number of aliphatic hydroxyl groups is 1. The molecule has 2 aromatic heterocycles. The maximum atomic E-state index is 14.5. The van der Waals surface area contributed by atoms with Crippen LogP contribution in [0.2, 0.25) is 5.02 Å². The Labute approximate surface area is 232 Å². The molecule has 0 bridgehead atoms. The summed E-state index contributed by atoms with van der Waals surface area (Å²) in [5.41, 5.74) is -6.43. The number of imidazole rings is 1. The van der Waals surface area contributed by atoms with Crippen LogP contribution in [0.25, 0.3) is 11.0 Å². The van der Waals surface area contributed by atoms with E-state index in [2.05, 4.69) is 4.98 Å². The summed E-state index contributed by atoms with van der Waals surface area (Å²) in [7, 11) is 2.82. The molecule has 2 unspecified atom stereocenters. The van der Waals surface area contributed by atoms with Crippen molar-refractivity contribution in [1.29, 1.82) is 0 Å². The summed E-state index contributed by atoms with van der Waals surface area (Å²) in [5.74, 6) is -4.63. The molecule has 0 saturated carbocycles. The molecule has 2 atom stereocenters. The number of pyridine rings is 1. The van der Waals surface area contributed by atoms with Gasteiger partial charge in [0, 0.05) is 25.0 Å². The van der Waals surface area contributed by atoms with Gasteiger partial charge in [-0.3, -0.25) is 9.13 Å². The molecule has 4 rings (SSSR count). The van der Waals surface area contributed by atoms with Crippen molar-refractivity contribution in [3.8, 4) is 11.6 Å². The summed E-state index contributed by atoms with van der Waals surface area (Å²) in [4.78, 5) is 26.9. The van der Waals surface area contributed by atoms with Gasteiger partial charge in [0.1, 0.15) is 17.0 Å². The molecule has 2 aromatic carbocycles. The van der Waals surface area contributed by atoms with Crippen molar-refractivity contribution in [2.75, 3.05) is 0 Å². The molecule has 0 spiro atoms. The predicted octanol–water partition coefficient (Wildman–Crippen LogP) is 5.99. The van der Waals surface area contributed by atoms with Crippen molar-refractivity contribution in [3.63, 3.8) is 0 Å². The molecule has 0 radical (unpaired) electrons. The first-order valence-corrected chi connectivity index (χ1v) is 12.0. The van der Waals surface area contributed by atoms with E-state index in [4.69, 9.17) is 16.3 Å². The molecular formula is C26H20ClF6N3O5. The largest absolute Gasteiger partial charge is 0.477 e. The number of rotatable bonds is 6. The molecule has 0 fully saturated rings. The number of carboxylic acids is 1. The standard InChI is InChI=1S/C26H20ClF6N3O5/c1-12(24(40,26(31,32)33)13-4-8-18-19(10-13)36(3)23(39)35(18)2)15-6-5-14(11-17(15)27)41-21-16(22(37)38)7-9-20(34-21)25(28,29)30/h4-12,40H,1-3H3,(H,37,38). The molecule has 0 aliphatic rings. The lowest BCUT2D eigenvalue weighted by Crippen LogP contribution is -2.46. The van der Waals surface area contributed by atoms with Crippen LogP contribution in [-0.4, -0.2) is 36.5 Å². The van der Waals surface area contributed by atoms with E-state index in [9.17, 15) is 46.1 Å². The van der Waals surface area contributed by atoms with Crippen LogP contribution in [0.15, 0.2) is 53.3 Å². The Kier molecular flexibility index (Phi) is 7.37. The Morgan fingerprint density at radius 1 is 0.976 bits per heavy atom. The molecule has 2 heterocycles. The van der Waals surface area contributed by atoms with Gasteiger partial charge in [-0.15, -0.1) is 0 Å². The van der Waals surface area contributed by atoms with Gasteiger partial charge in [-0.05, 0) is 47.5 Å². The number of hydrogen-bond acceptors (Lipinski definition) is 5. The number of hydrogen-bond donors (Lipinski definition) is 2. The minimum atomic E-state index is -5.23. The van der Waals surface area contributed by atoms with Gasteiger partial charge in [0.2, 0.25) is 5.88 Å². The summed E-state index contributed by atoms with van der Waals surface area (Å²) >= 11 is 6.26. The van der Waals surface area contributed by atoms with Gasteiger partial charge in [-0.2, -0.15) is 26.3 Å². The minimum Gasteiger partial charge on any atom is -0.477 e. The monoisotopic (exact) mass is 603 g/mol. The molecule has 0 amide bonds. The van der Waals surface area contributed by atoms with Crippen LogP contribution in [0.3, 0.4) is 0 Å². The van der Waals surface area contributed by atoms with E-state index in [0.29, 0.717) is 17.6 Å². The number of nitrogens with zero attached hydrogens (tertiary/aromatic N) is 3. The molecular weight excluding hydrogens is 584 g/mol. The Balaban J connectivity index is 1.77. The van der Waals surface area contributed by atoms with Crippen LogP contribution < -0.4 is 10.4 Å². The van der Waals surface area contributed by atoms with E-state index in [-0.39, 0.29) is 21.9 Å². The number of aromatic carboxylic acids is 1. The molecule has 0 aliphatic heterocycles. The van der Waals surface area contributed by atoms with Crippen molar-refractivity contribution >= 4 is 28.6 Å². The lowest BCUT2D eigenvalue weighted by atomic mass is 9.77. The second-order valence-corrected chi connectivity index (χ2v) is 9.63. The lowest BCUT2D eigenvalue weighted by molar-refractivity contribution is -0.274. The number of aryl methyl sites for hydroxylation is 2. The fourth-order valence-electron chi connectivity index (χ4n) is 4.50. The zero-order valence-corrected chi connectivity index (χ0v) is 22.1. The summed E-state index contributed by atoms with van der Waals surface area (Å²) in [5, 5.41) is 20.1. The van der Waals surface area contributed by atoms with Crippen LogP contribution in [0.1, 0.15) is 40.0 Å². The first-order chi connectivity index (χ1) is 18.9. The van der Waals surface area contributed by atoms with E-state index >= 15 is 0 Å². The van der Waals surface area contributed by atoms with Gasteiger partial charge in [0.05, 0.1) is 11.0 Å². The highest BCUT2D eigenvalue weighted by Gasteiger charge is 2.59. The Morgan fingerprint density at radius 3 is 2.17 bits per heavy atom. The maximum absolute atomic E-state index is 14.5. The second-order valence-electron chi connectivity index (χ2n) is 9.23. The van der Waals surface area contributed by atoms with Crippen molar-refractivity contribution in [3.05, 3.63) is 86.4 Å². The number of ether oxygens (including phenoxy) is 1. The third kappa shape index (κ3) is 5.12. The van der Waals surface area contributed by atoms with Gasteiger partial charge >= 0.3 is 24.0 Å². The molecule has 41 heavy (non-hydrogen) atoms. The molecule has 2 N–H and O–H groups in total. The first-order valence-electron chi connectivity index (χ1n) is 11.6. The Hall–Kier alpha value is -4.04. The van der Waals surface area contributed by atoms with E-state index in [1.54, 1.807) is 0 Å². The smallest absolute Gasteiger partial charge is 0.433 e. The highest BCUT2D eigenvalue weighted by molar-refractivity contribution is 6.31. The molecule has 0 saturated heterocycles.